The predicted octanol–water partition coefficient (Wildman–Crippen LogP) is 2.15. The Morgan fingerprint density at radius 1 is 1.33 bits per heavy atom. The maximum Gasteiger partial charge on any atom is 0.323 e. The van der Waals surface area contributed by atoms with Crippen LogP contribution in [0.5, 0.6) is 5.75 Å². The molecule has 0 spiro atoms. The van der Waals surface area contributed by atoms with E-state index in [1.807, 2.05) is 42.5 Å². The molecule has 0 saturated carbocycles. The third-order valence-corrected chi connectivity index (χ3v) is 4.31. The molecule has 2 N–H and O–H groups in total. The number of nitrogens with one attached hydrogen (secondary N) is 1. The molecule has 0 radical (unpaired) electrons. The lowest BCUT2D eigenvalue weighted by atomic mass is 9.96. The van der Waals surface area contributed by atoms with Gasteiger partial charge >= 0.3 is 5.97 Å². The minimum absolute atomic E-state index is 0.175. The molecule has 2 aromatic rings. The average Bonchev–Trinajstić information content (AvgIpc) is 2.92. The average molecular weight is 343 g/mol. The van der Waals surface area contributed by atoms with Crippen molar-refractivity contribution in [2.24, 2.45) is 0 Å². The molecule has 0 aliphatic carbocycles. The number of benzene rings is 1. The Balaban J connectivity index is 2.01. The Kier molecular flexibility index (Phi) is 4.61. The maximum atomic E-state index is 11.3. The molecule has 1 aromatic carbocycles. The SMILES string of the molecule is COc1ccc([C@@H]2[C@H](c3ccccn3)NC(=S)N2CC(=O)O)cc1. The van der Waals surface area contributed by atoms with Gasteiger partial charge in [-0.15, -0.1) is 0 Å². The fourth-order valence-electron chi connectivity index (χ4n) is 2.89. The van der Waals surface area contributed by atoms with Crippen molar-refractivity contribution in [3.8, 4) is 5.75 Å². The van der Waals surface area contributed by atoms with Crippen molar-refractivity contribution in [1.82, 2.24) is 15.2 Å². The van der Waals surface area contributed by atoms with Crippen molar-refractivity contribution in [2.45, 2.75) is 12.1 Å². The molecule has 0 unspecified atom stereocenters. The van der Waals surface area contributed by atoms with Gasteiger partial charge in [0.05, 0.1) is 24.9 Å². The Morgan fingerprint density at radius 2 is 2.08 bits per heavy atom. The summed E-state index contributed by atoms with van der Waals surface area (Å²) in [6.45, 7) is -0.175. The van der Waals surface area contributed by atoms with E-state index in [1.165, 1.54) is 0 Å². The molecule has 1 aliphatic heterocycles. The highest BCUT2D eigenvalue weighted by molar-refractivity contribution is 7.80. The second kappa shape index (κ2) is 6.84. The molecule has 1 aliphatic rings. The maximum absolute atomic E-state index is 11.3. The molecule has 3 rings (SSSR count). The van der Waals surface area contributed by atoms with Crippen LogP contribution in [0, 0.1) is 0 Å². The number of hydrogen-bond acceptors (Lipinski definition) is 4. The van der Waals surface area contributed by atoms with Crippen molar-refractivity contribution in [3.05, 3.63) is 59.9 Å². The number of carboxylic acids is 1. The molecule has 1 aromatic heterocycles. The number of hydrogen-bond donors (Lipinski definition) is 2. The lowest BCUT2D eigenvalue weighted by Crippen LogP contribution is -2.34. The molecule has 2 atom stereocenters. The molecule has 1 fully saturated rings. The third kappa shape index (κ3) is 3.16. The first-order chi connectivity index (χ1) is 11.6. The van der Waals surface area contributed by atoms with E-state index in [0.717, 1.165) is 17.0 Å². The van der Waals surface area contributed by atoms with Gasteiger partial charge in [0.25, 0.3) is 0 Å². The molecule has 24 heavy (non-hydrogen) atoms. The Hall–Kier alpha value is -2.67. The summed E-state index contributed by atoms with van der Waals surface area (Å²) in [5.41, 5.74) is 1.76. The van der Waals surface area contributed by atoms with Gasteiger partial charge in [-0.25, -0.2) is 0 Å². The van der Waals surface area contributed by atoms with E-state index in [2.05, 4.69) is 10.3 Å². The summed E-state index contributed by atoms with van der Waals surface area (Å²) in [6, 6.07) is 12.7. The summed E-state index contributed by atoms with van der Waals surface area (Å²) in [7, 11) is 1.61. The monoisotopic (exact) mass is 343 g/mol. The number of nitrogens with zero attached hydrogens (tertiary/aromatic N) is 2. The molecule has 7 heteroatoms. The molecule has 1 saturated heterocycles. The van der Waals surface area contributed by atoms with Crippen molar-refractivity contribution < 1.29 is 14.6 Å². The van der Waals surface area contributed by atoms with Gasteiger partial charge in [-0.05, 0) is 42.0 Å². The zero-order chi connectivity index (χ0) is 17.1. The van der Waals surface area contributed by atoms with Crippen LogP contribution in [-0.2, 0) is 4.79 Å². The van der Waals surface area contributed by atoms with Gasteiger partial charge in [0, 0.05) is 6.20 Å². The van der Waals surface area contributed by atoms with Crippen molar-refractivity contribution in [3.63, 3.8) is 0 Å². The van der Waals surface area contributed by atoms with Gasteiger partial charge in [-0.2, -0.15) is 0 Å². The van der Waals surface area contributed by atoms with Crippen LogP contribution in [0.1, 0.15) is 23.3 Å². The van der Waals surface area contributed by atoms with Crippen LogP contribution >= 0.6 is 12.2 Å². The summed E-state index contributed by atoms with van der Waals surface area (Å²) in [6.07, 6.45) is 1.71. The first kappa shape index (κ1) is 16.2. The highest BCUT2D eigenvalue weighted by Gasteiger charge is 2.40. The van der Waals surface area contributed by atoms with Gasteiger partial charge in [-0.3, -0.25) is 9.78 Å². The lowest BCUT2D eigenvalue weighted by Gasteiger charge is -2.26. The highest BCUT2D eigenvalue weighted by atomic mass is 32.1. The van der Waals surface area contributed by atoms with E-state index in [4.69, 9.17) is 17.0 Å². The number of aromatic nitrogens is 1. The Morgan fingerprint density at radius 3 is 2.67 bits per heavy atom. The highest BCUT2D eigenvalue weighted by Crippen LogP contribution is 2.38. The number of pyridine rings is 1. The summed E-state index contributed by atoms with van der Waals surface area (Å²) >= 11 is 5.36. The topological polar surface area (TPSA) is 74.7 Å². The van der Waals surface area contributed by atoms with Crippen LogP contribution in [-0.4, -0.2) is 39.7 Å². The Bertz CT molecular complexity index is 737. The van der Waals surface area contributed by atoms with Crippen LogP contribution in [0.15, 0.2) is 48.7 Å². The van der Waals surface area contributed by atoms with Crippen LogP contribution in [0.3, 0.4) is 0 Å². The van der Waals surface area contributed by atoms with E-state index in [9.17, 15) is 9.90 Å². The van der Waals surface area contributed by atoms with Gasteiger partial charge in [-0.1, -0.05) is 18.2 Å². The van der Waals surface area contributed by atoms with E-state index < -0.39 is 5.97 Å². The summed E-state index contributed by atoms with van der Waals surface area (Å²) in [5, 5.41) is 12.8. The molecule has 124 valence electrons. The quantitative estimate of drug-likeness (QED) is 0.806. The van der Waals surface area contributed by atoms with Crippen molar-refractivity contribution in [2.75, 3.05) is 13.7 Å². The normalized spacial score (nSPS) is 19.9. The van der Waals surface area contributed by atoms with E-state index in [-0.39, 0.29) is 18.6 Å². The summed E-state index contributed by atoms with van der Waals surface area (Å²) in [5.74, 6) is -0.189. The minimum Gasteiger partial charge on any atom is -0.497 e. The number of aliphatic carboxylic acids is 1. The standard InChI is InChI=1S/C17H17N3O3S/c1-23-12-7-5-11(6-8-12)16-15(13-4-2-3-9-18-13)19-17(24)20(16)10-14(21)22/h2-9,15-16H,10H2,1H3,(H,19,24)(H,21,22)/t15-,16+/m0/s1. The predicted molar refractivity (Wildman–Crippen MR) is 92.8 cm³/mol. The second-order valence-corrected chi connectivity index (χ2v) is 5.81. The zero-order valence-electron chi connectivity index (χ0n) is 13.0. The van der Waals surface area contributed by atoms with E-state index >= 15 is 0 Å². The fraction of sp³-hybridized carbons (Fsp3) is 0.235. The summed E-state index contributed by atoms with van der Waals surface area (Å²) < 4.78 is 5.19. The third-order valence-electron chi connectivity index (χ3n) is 3.96. The molecular weight excluding hydrogens is 326 g/mol. The van der Waals surface area contributed by atoms with Gasteiger partial charge in [0.1, 0.15) is 12.3 Å². The summed E-state index contributed by atoms with van der Waals surface area (Å²) in [4.78, 5) is 17.3. The fourth-order valence-corrected chi connectivity index (χ4v) is 3.19. The molecule has 6 nitrogen and oxygen atoms in total. The van der Waals surface area contributed by atoms with Crippen molar-refractivity contribution in [1.29, 1.82) is 0 Å². The van der Waals surface area contributed by atoms with Crippen LogP contribution < -0.4 is 10.1 Å². The lowest BCUT2D eigenvalue weighted by molar-refractivity contribution is -0.137. The van der Waals surface area contributed by atoms with Gasteiger partial charge < -0.3 is 20.1 Å². The van der Waals surface area contributed by atoms with Crippen molar-refractivity contribution >= 4 is 23.3 Å². The number of rotatable bonds is 5. The van der Waals surface area contributed by atoms with Gasteiger partial charge in [0.15, 0.2) is 5.11 Å². The first-order valence-corrected chi connectivity index (χ1v) is 7.85. The molecule has 0 bridgehead atoms. The van der Waals surface area contributed by atoms with E-state index in [1.54, 1.807) is 18.2 Å². The zero-order valence-corrected chi connectivity index (χ0v) is 13.9. The molecular formula is C17H17N3O3S. The molecule has 0 amide bonds. The number of methoxy groups -OCH3 is 1. The first-order valence-electron chi connectivity index (χ1n) is 7.44. The molecule has 2 heterocycles. The van der Waals surface area contributed by atoms with Gasteiger partial charge in [0.2, 0.25) is 0 Å². The van der Waals surface area contributed by atoms with Crippen LogP contribution in [0.4, 0.5) is 0 Å². The largest absolute Gasteiger partial charge is 0.497 e. The number of thiocarbonyl (C=S) groups is 1. The second-order valence-electron chi connectivity index (χ2n) is 5.42. The Labute approximate surface area is 145 Å². The minimum atomic E-state index is -0.931. The van der Waals surface area contributed by atoms with Crippen LogP contribution in [0.2, 0.25) is 0 Å². The number of carboxylic acid groups (broad SMARTS) is 1. The van der Waals surface area contributed by atoms with Crippen LogP contribution in [0.25, 0.3) is 0 Å². The smallest absolute Gasteiger partial charge is 0.323 e. The van der Waals surface area contributed by atoms with E-state index in [0.29, 0.717) is 5.11 Å². The number of carbonyl (C=O) groups is 1. The number of ether oxygens (including phenoxy) is 1.